The summed E-state index contributed by atoms with van der Waals surface area (Å²) in [6, 6.07) is 26.3. The molecule has 0 saturated heterocycles. The highest BCUT2D eigenvalue weighted by molar-refractivity contribution is 7.07. The molecule has 3 aromatic carbocycles. The molecule has 0 radical (unpaired) electrons. The lowest BCUT2D eigenvalue weighted by molar-refractivity contribution is -0.139. The highest BCUT2D eigenvalue weighted by Crippen LogP contribution is 2.32. The Bertz CT molecular complexity index is 1970. The van der Waals surface area contributed by atoms with Crippen molar-refractivity contribution in [1.82, 2.24) is 14.3 Å². The number of thiazole rings is 1. The number of carbonyl (C=O) groups is 1. The third-order valence-electron chi connectivity index (χ3n) is 7.05. The first kappa shape index (κ1) is 27.2. The molecule has 0 spiro atoms. The number of methoxy groups -OCH3 is 1. The lowest BCUT2D eigenvalue weighted by atomic mass is 9.96. The van der Waals surface area contributed by atoms with Gasteiger partial charge in [-0.1, -0.05) is 72.0 Å². The molecule has 42 heavy (non-hydrogen) atoms. The summed E-state index contributed by atoms with van der Waals surface area (Å²) in [5, 5.41) is 4.88. The quantitative estimate of drug-likeness (QED) is 0.263. The first-order valence-corrected chi connectivity index (χ1v) is 14.3. The van der Waals surface area contributed by atoms with Crippen LogP contribution < -0.4 is 19.6 Å². The number of hydrogen-bond acceptors (Lipinski definition) is 7. The van der Waals surface area contributed by atoms with Crippen LogP contribution in [0.2, 0.25) is 0 Å². The van der Waals surface area contributed by atoms with Crippen LogP contribution in [0, 0.1) is 0 Å². The van der Waals surface area contributed by atoms with Gasteiger partial charge in [0.25, 0.3) is 5.56 Å². The summed E-state index contributed by atoms with van der Waals surface area (Å²) in [4.78, 5) is 32.5. The van der Waals surface area contributed by atoms with E-state index in [1.807, 2.05) is 102 Å². The van der Waals surface area contributed by atoms with Crippen LogP contribution in [-0.2, 0) is 9.53 Å². The van der Waals surface area contributed by atoms with Crippen LogP contribution in [0.1, 0.15) is 31.0 Å². The van der Waals surface area contributed by atoms with Crippen molar-refractivity contribution in [1.29, 1.82) is 0 Å². The van der Waals surface area contributed by atoms with Crippen molar-refractivity contribution in [3.8, 4) is 22.7 Å². The molecule has 9 heteroatoms. The van der Waals surface area contributed by atoms with Gasteiger partial charge in [0.1, 0.15) is 5.75 Å². The average Bonchev–Trinajstić information content (AvgIpc) is 3.58. The molecule has 210 valence electrons. The van der Waals surface area contributed by atoms with Gasteiger partial charge in [-0.2, -0.15) is 5.10 Å². The van der Waals surface area contributed by atoms with Crippen LogP contribution in [0.25, 0.3) is 23.0 Å². The fourth-order valence-electron chi connectivity index (χ4n) is 5.06. The first-order chi connectivity index (χ1) is 20.5. The van der Waals surface area contributed by atoms with Gasteiger partial charge in [0.15, 0.2) is 4.80 Å². The molecule has 3 heterocycles. The second kappa shape index (κ2) is 11.5. The summed E-state index contributed by atoms with van der Waals surface area (Å²) in [6.45, 7) is 3.74. The maximum atomic E-state index is 14.1. The number of ether oxygens (including phenoxy) is 2. The van der Waals surface area contributed by atoms with E-state index in [9.17, 15) is 9.59 Å². The van der Waals surface area contributed by atoms with E-state index >= 15 is 0 Å². The highest BCUT2D eigenvalue weighted by atomic mass is 32.1. The monoisotopic (exact) mass is 576 g/mol. The summed E-state index contributed by atoms with van der Waals surface area (Å²) < 4.78 is 14.6. The number of para-hydroxylation sites is 1. The number of fused-ring (bicyclic) bond motifs is 1. The van der Waals surface area contributed by atoms with Crippen molar-refractivity contribution in [2.45, 2.75) is 19.9 Å². The van der Waals surface area contributed by atoms with Gasteiger partial charge >= 0.3 is 5.97 Å². The zero-order valence-electron chi connectivity index (χ0n) is 23.4. The topological polar surface area (TPSA) is 87.7 Å². The maximum absolute atomic E-state index is 14.1. The second-order valence-electron chi connectivity index (χ2n) is 9.65. The number of esters is 1. The fourth-order valence-corrected chi connectivity index (χ4v) is 6.10. The smallest absolute Gasteiger partial charge is 0.338 e. The number of nitrogens with zero attached hydrogens (tertiary/aromatic N) is 4. The SMILES string of the molecule is CCOC(=O)C1=C(C)N=c2s/c(=C/c3cn(-c4ccccc4)nc3-c3ccccc3)c(=O)n2C1c1ccc(OC)cc1. The van der Waals surface area contributed by atoms with Gasteiger partial charge in [-0.15, -0.1) is 0 Å². The number of benzene rings is 3. The van der Waals surface area contributed by atoms with Crippen molar-refractivity contribution in [2.24, 2.45) is 4.99 Å². The van der Waals surface area contributed by atoms with E-state index in [0.717, 1.165) is 28.1 Å². The Labute approximate surface area is 246 Å². The minimum absolute atomic E-state index is 0.211. The van der Waals surface area contributed by atoms with Gasteiger partial charge in [0.2, 0.25) is 0 Å². The Balaban J connectivity index is 1.55. The largest absolute Gasteiger partial charge is 0.497 e. The molecule has 0 bridgehead atoms. The fraction of sp³-hybridized carbons (Fsp3) is 0.152. The predicted molar refractivity (Wildman–Crippen MR) is 162 cm³/mol. The molecular weight excluding hydrogens is 548 g/mol. The van der Waals surface area contributed by atoms with Gasteiger partial charge < -0.3 is 9.47 Å². The van der Waals surface area contributed by atoms with Crippen molar-refractivity contribution in [3.63, 3.8) is 0 Å². The van der Waals surface area contributed by atoms with Crippen molar-refractivity contribution in [3.05, 3.63) is 133 Å². The normalized spacial score (nSPS) is 14.8. The highest BCUT2D eigenvalue weighted by Gasteiger charge is 2.33. The molecule has 0 aliphatic carbocycles. The van der Waals surface area contributed by atoms with E-state index in [1.165, 1.54) is 11.3 Å². The number of rotatable bonds is 7. The van der Waals surface area contributed by atoms with E-state index in [2.05, 4.69) is 0 Å². The number of carbonyl (C=O) groups excluding carboxylic acids is 1. The first-order valence-electron chi connectivity index (χ1n) is 13.5. The average molecular weight is 577 g/mol. The Morgan fingerprint density at radius 1 is 1.00 bits per heavy atom. The Kier molecular flexibility index (Phi) is 7.41. The molecule has 6 rings (SSSR count). The molecule has 0 saturated carbocycles. The molecule has 0 N–H and O–H groups in total. The summed E-state index contributed by atoms with van der Waals surface area (Å²) in [5.74, 6) is 0.178. The second-order valence-corrected chi connectivity index (χ2v) is 10.7. The van der Waals surface area contributed by atoms with Gasteiger partial charge in [0, 0.05) is 17.3 Å². The molecular formula is C33H28N4O4S. The van der Waals surface area contributed by atoms with Crippen LogP contribution in [0.3, 0.4) is 0 Å². The molecule has 0 fully saturated rings. The third kappa shape index (κ3) is 4.99. The molecule has 5 aromatic rings. The van der Waals surface area contributed by atoms with Crippen LogP contribution in [0.15, 0.2) is 112 Å². The zero-order chi connectivity index (χ0) is 29.2. The van der Waals surface area contributed by atoms with Gasteiger partial charge in [-0.25, -0.2) is 14.5 Å². The molecule has 1 unspecified atom stereocenters. The Morgan fingerprint density at radius 2 is 1.69 bits per heavy atom. The molecule has 8 nitrogen and oxygen atoms in total. The van der Waals surface area contributed by atoms with E-state index in [1.54, 1.807) is 25.5 Å². The minimum Gasteiger partial charge on any atom is -0.497 e. The Morgan fingerprint density at radius 3 is 2.36 bits per heavy atom. The Hall–Kier alpha value is -5.02. The van der Waals surface area contributed by atoms with E-state index < -0.39 is 12.0 Å². The predicted octanol–water partition coefficient (Wildman–Crippen LogP) is 4.66. The molecule has 0 amide bonds. The van der Waals surface area contributed by atoms with Gasteiger partial charge in [0.05, 0.1) is 46.9 Å². The van der Waals surface area contributed by atoms with Crippen LogP contribution in [0.5, 0.6) is 5.75 Å². The maximum Gasteiger partial charge on any atom is 0.338 e. The number of hydrogen-bond donors (Lipinski definition) is 0. The van der Waals surface area contributed by atoms with E-state index in [4.69, 9.17) is 19.6 Å². The number of aromatic nitrogens is 3. The van der Waals surface area contributed by atoms with Crippen LogP contribution in [-0.4, -0.2) is 34.0 Å². The summed E-state index contributed by atoms with van der Waals surface area (Å²) in [5.41, 5.74) is 4.74. The van der Waals surface area contributed by atoms with Crippen LogP contribution >= 0.6 is 11.3 Å². The van der Waals surface area contributed by atoms with Crippen molar-refractivity contribution >= 4 is 23.4 Å². The molecule has 1 aliphatic rings. The van der Waals surface area contributed by atoms with Crippen LogP contribution in [0.4, 0.5) is 0 Å². The van der Waals surface area contributed by atoms with Crippen molar-refractivity contribution in [2.75, 3.05) is 13.7 Å². The van der Waals surface area contributed by atoms with E-state index in [-0.39, 0.29) is 12.2 Å². The molecule has 1 aliphatic heterocycles. The van der Waals surface area contributed by atoms with Gasteiger partial charge in [-0.05, 0) is 49.8 Å². The van der Waals surface area contributed by atoms with Crippen molar-refractivity contribution < 1.29 is 14.3 Å². The standard InChI is InChI=1S/C33H28N4O4S/c1-4-41-32(39)28-21(2)34-33-37(30(28)23-15-17-26(40-3)18-16-23)31(38)27(42-33)19-24-20-36(25-13-9-6-10-14-25)35-29(24)22-11-7-5-8-12-22/h5-20,30H,4H2,1-3H3/b27-19+. The zero-order valence-corrected chi connectivity index (χ0v) is 24.2. The van der Waals surface area contributed by atoms with E-state index in [0.29, 0.717) is 26.4 Å². The lowest BCUT2D eigenvalue weighted by Crippen LogP contribution is -2.39. The lowest BCUT2D eigenvalue weighted by Gasteiger charge is -2.24. The summed E-state index contributed by atoms with van der Waals surface area (Å²) in [7, 11) is 1.59. The summed E-state index contributed by atoms with van der Waals surface area (Å²) >= 11 is 1.28. The number of allylic oxidation sites excluding steroid dienone is 1. The summed E-state index contributed by atoms with van der Waals surface area (Å²) in [6.07, 6.45) is 3.78. The molecule has 2 aromatic heterocycles. The van der Waals surface area contributed by atoms with Gasteiger partial charge in [-0.3, -0.25) is 9.36 Å². The molecule has 1 atom stereocenters. The minimum atomic E-state index is -0.700. The third-order valence-corrected chi connectivity index (χ3v) is 8.03.